The topological polar surface area (TPSA) is 20.2 Å². The lowest BCUT2D eigenvalue weighted by molar-refractivity contribution is -0.336. The maximum atomic E-state index is 13.9. The second kappa shape index (κ2) is 5.03. The fourth-order valence-electron chi connectivity index (χ4n) is 1.90. The first-order chi connectivity index (χ1) is 9.62. The summed E-state index contributed by atoms with van der Waals surface area (Å²) < 4.78 is 79.6. The van der Waals surface area contributed by atoms with E-state index in [2.05, 4.69) is 0 Å². The van der Waals surface area contributed by atoms with Crippen molar-refractivity contribution < 1.29 is 31.4 Å². The zero-order valence-corrected chi connectivity index (χ0v) is 11.0. The summed E-state index contributed by atoms with van der Waals surface area (Å²) in [5.41, 5.74) is -4.96. The number of benzene rings is 1. The molecule has 1 aromatic carbocycles. The minimum atomic E-state index is -6.05. The third kappa shape index (κ3) is 2.32. The third-order valence-electron chi connectivity index (χ3n) is 2.95. The molecule has 0 aliphatic heterocycles. The fraction of sp³-hybridized carbons (Fsp3) is 0.231. The van der Waals surface area contributed by atoms with Crippen molar-refractivity contribution in [3.05, 3.63) is 58.0 Å². The van der Waals surface area contributed by atoms with Gasteiger partial charge >= 0.3 is 12.1 Å². The predicted octanol–water partition coefficient (Wildman–Crippen LogP) is 4.32. The summed E-state index contributed by atoms with van der Waals surface area (Å²) in [6.07, 6.45) is -6.05. The van der Waals surface area contributed by atoms with Gasteiger partial charge in [-0.15, -0.1) is 11.3 Å². The predicted molar refractivity (Wildman–Crippen MR) is 64.7 cm³/mol. The van der Waals surface area contributed by atoms with Crippen LogP contribution in [0, 0.1) is 5.82 Å². The third-order valence-corrected chi connectivity index (χ3v) is 3.93. The van der Waals surface area contributed by atoms with Gasteiger partial charge in [-0.2, -0.15) is 22.0 Å². The molecule has 8 heteroatoms. The number of hydrogen-bond donors (Lipinski definition) is 1. The first kappa shape index (κ1) is 15.8. The second-order valence-corrected chi connectivity index (χ2v) is 5.19. The van der Waals surface area contributed by atoms with E-state index in [9.17, 15) is 31.4 Å². The van der Waals surface area contributed by atoms with Crippen LogP contribution in [-0.2, 0) is 5.60 Å². The van der Waals surface area contributed by atoms with Gasteiger partial charge in [0.15, 0.2) is 5.60 Å². The Morgan fingerprint density at radius 3 is 2.00 bits per heavy atom. The second-order valence-electron chi connectivity index (χ2n) is 4.24. The van der Waals surface area contributed by atoms with Gasteiger partial charge in [0.2, 0.25) is 0 Å². The maximum Gasteiger partial charge on any atom is 0.457 e. The van der Waals surface area contributed by atoms with E-state index in [1.165, 1.54) is 11.4 Å². The highest BCUT2D eigenvalue weighted by atomic mass is 32.1. The molecule has 0 radical (unpaired) electrons. The Balaban J connectivity index is 2.77. The number of hydrogen-bond acceptors (Lipinski definition) is 2. The summed E-state index contributed by atoms with van der Waals surface area (Å²) in [6, 6.07) is 5.70. The van der Waals surface area contributed by atoms with Crippen molar-refractivity contribution in [2.45, 2.75) is 17.7 Å². The van der Waals surface area contributed by atoms with Gasteiger partial charge in [-0.3, -0.25) is 0 Å². The summed E-state index contributed by atoms with van der Waals surface area (Å²) in [4.78, 5) is -0.699. The van der Waals surface area contributed by atoms with Gasteiger partial charge in [0, 0.05) is 10.4 Å². The quantitative estimate of drug-likeness (QED) is 0.833. The van der Waals surface area contributed by atoms with Gasteiger partial charge in [0.1, 0.15) is 5.82 Å². The van der Waals surface area contributed by atoms with Crippen molar-refractivity contribution in [2.75, 3.05) is 0 Å². The molecule has 0 aliphatic rings. The summed E-state index contributed by atoms with van der Waals surface area (Å²) in [5, 5.41) is 11.4. The Bertz CT molecular complexity index is 622. The van der Waals surface area contributed by atoms with E-state index < -0.39 is 34.0 Å². The van der Waals surface area contributed by atoms with Gasteiger partial charge in [-0.25, -0.2) is 4.39 Å². The lowest BCUT2D eigenvalue weighted by Gasteiger charge is -2.36. The molecule has 114 valence electrons. The summed E-state index contributed by atoms with van der Waals surface area (Å²) in [7, 11) is 0. The first-order valence-corrected chi connectivity index (χ1v) is 6.46. The Hall–Kier alpha value is -1.54. The largest absolute Gasteiger partial charge is 0.457 e. The minimum absolute atomic E-state index is 0.480. The first-order valence-electron chi connectivity index (χ1n) is 5.58. The van der Waals surface area contributed by atoms with Crippen LogP contribution in [0.15, 0.2) is 41.8 Å². The molecule has 1 nitrogen and oxygen atoms in total. The van der Waals surface area contributed by atoms with E-state index in [1.807, 2.05) is 0 Å². The summed E-state index contributed by atoms with van der Waals surface area (Å²) in [5.74, 6) is -6.91. The number of halogens is 6. The molecule has 1 atom stereocenters. The zero-order chi connectivity index (χ0) is 15.9. The van der Waals surface area contributed by atoms with Crippen LogP contribution in [0.25, 0.3) is 0 Å². The van der Waals surface area contributed by atoms with E-state index in [4.69, 9.17) is 0 Å². The Labute approximate surface area is 119 Å². The smallest absolute Gasteiger partial charge is 0.373 e. The molecule has 0 bridgehead atoms. The zero-order valence-electron chi connectivity index (χ0n) is 10.2. The molecule has 0 fully saturated rings. The average Bonchev–Trinajstić information content (AvgIpc) is 2.91. The fourth-order valence-corrected chi connectivity index (χ4v) is 2.77. The van der Waals surface area contributed by atoms with Gasteiger partial charge < -0.3 is 5.11 Å². The number of thiophene rings is 1. The molecular formula is C13H8F6OS. The number of rotatable bonds is 3. The van der Waals surface area contributed by atoms with Crippen molar-refractivity contribution in [2.24, 2.45) is 0 Å². The molecule has 0 aliphatic carbocycles. The number of aliphatic hydroxyl groups is 1. The summed E-state index contributed by atoms with van der Waals surface area (Å²) in [6.45, 7) is 0. The highest BCUT2D eigenvalue weighted by Gasteiger charge is 2.72. The molecule has 1 N–H and O–H groups in total. The van der Waals surface area contributed by atoms with Crippen LogP contribution < -0.4 is 0 Å². The van der Waals surface area contributed by atoms with Gasteiger partial charge in [0.05, 0.1) is 0 Å². The standard InChI is InChI=1S/C13H8F6OS/c14-9-5-2-1-4-8(9)11(20,10-6-3-7-21-10)12(15,16)13(17,18)19/h1-7,20H. The molecular weight excluding hydrogens is 318 g/mol. The molecule has 0 spiro atoms. The van der Waals surface area contributed by atoms with Crippen LogP contribution >= 0.6 is 11.3 Å². The van der Waals surface area contributed by atoms with Crippen LogP contribution in [0.5, 0.6) is 0 Å². The highest BCUT2D eigenvalue weighted by Crippen LogP contribution is 2.53. The monoisotopic (exact) mass is 326 g/mol. The van der Waals surface area contributed by atoms with E-state index in [1.54, 1.807) is 0 Å². The highest BCUT2D eigenvalue weighted by molar-refractivity contribution is 7.10. The number of alkyl halides is 5. The van der Waals surface area contributed by atoms with E-state index in [0.717, 1.165) is 18.2 Å². The van der Waals surface area contributed by atoms with E-state index >= 15 is 0 Å². The van der Waals surface area contributed by atoms with Gasteiger partial charge in [0.25, 0.3) is 0 Å². The molecule has 0 saturated carbocycles. The van der Waals surface area contributed by atoms with Crippen molar-refractivity contribution in [1.82, 2.24) is 0 Å². The van der Waals surface area contributed by atoms with Crippen LogP contribution in [0.1, 0.15) is 10.4 Å². The van der Waals surface area contributed by atoms with Crippen LogP contribution in [-0.4, -0.2) is 17.2 Å². The Morgan fingerprint density at radius 2 is 1.52 bits per heavy atom. The molecule has 2 aromatic rings. The van der Waals surface area contributed by atoms with Crippen LogP contribution in [0.3, 0.4) is 0 Å². The molecule has 0 saturated heterocycles. The normalized spacial score (nSPS) is 15.8. The summed E-state index contributed by atoms with van der Waals surface area (Å²) >= 11 is 0.480. The lowest BCUT2D eigenvalue weighted by atomic mass is 9.85. The molecule has 1 aromatic heterocycles. The molecule has 21 heavy (non-hydrogen) atoms. The van der Waals surface area contributed by atoms with E-state index in [-0.39, 0.29) is 0 Å². The Morgan fingerprint density at radius 1 is 0.905 bits per heavy atom. The van der Waals surface area contributed by atoms with E-state index in [0.29, 0.717) is 23.5 Å². The van der Waals surface area contributed by atoms with Gasteiger partial charge in [-0.05, 0) is 17.5 Å². The van der Waals surface area contributed by atoms with Crippen molar-refractivity contribution in [1.29, 1.82) is 0 Å². The van der Waals surface area contributed by atoms with Crippen LogP contribution in [0.2, 0.25) is 0 Å². The average molecular weight is 326 g/mol. The van der Waals surface area contributed by atoms with Crippen molar-refractivity contribution >= 4 is 11.3 Å². The Kier molecular flexibility index (Phi) is 3.79. The molecule has 1 heterocycles. The molecule has 2 rings (SSSR count). The van der Waals surface area contributed by atoms with Crippen molar-refractivity contribution in [3.63, 3.8) is 0 Å². The maximum absolute atomic E-state index is 13.9. The molecule has 1 unspecified atom stereocenters. The lowest BCUT2D eigenvalue weighted by Crippen LogP contribution is -2.55. The van der Waals surface area contributed by atoms with Crippen LogP contribution in [0.4, 0.5) is 26.3 Å². The van der Waals surface area contributed by atoms with Crippen molar-refractivity contribution in [3.8, 4) is 0 Å². The van der Waals surface area contributed by atoms with Gasteiger partial charge in [-0.1, -0.05) is 24.3 Å². The molecule has 0 amide bonds. The minimum Gasteiger partial charge on any atom is -0.373 e. The SMILES string of the molecule is OC(c1cccs1)(c1ccccc1F)C(F)(F)C(F)(F)F.